The van der Waals surface area contributed by atoms with Crippen molar-refractivity contribution < 1.29 is 4.52 Å². The minimum Gasteiger partial charge on any atom is -0.338 e. The molecular weight excluding hydrogens is 262 g/mol. The lowest BCUT2D eigenvalue weighted by molar-refractivity contribution is 0.237. The lowest BCUT2D eigenvalue weighted by Gasteiger charge is -2.27. The van der Waals surface area contributed by atoms with E-state index in [-0.39, 0.29) is 6.04 Å². The van der Waals surface area contributed by atoms with E-state index in [0.29, 0.717) is 11.8 Å². The van der Waals surface area contributed by atoms with Crippen LogP contribution in [0.4, 0.5) is 0 Å². The molecule has 1 N–H and O–H groups in total. The zero-order valence-corrected chi connectivity index (χ0v) is 13.5. The second kappa shape index (κ2) is 6.91. The van der Waals surface area contributed by atoms with Crippen molar-refractivity contribution in [3.63, 3.8) is 0 Å². The molecule has 118 valence electrons. The highest BCUT2D eigenvalue weighted by Crippen LogP contribution is 2.37. The topological polar surface area (TPSA) is 51.0 Å². The average Bonchev–Trinajstić information content (AvgIpc) is 2.98. The van der Waals surface area contributed by atoms with Gasteiger partial charge in [0.05, 0.1) is 6.04 Å². The van der Waals surface area contributed by atoms with E-state index in [9.17, 15) is 0 Å². The maximum Gasteiger partial charge on any atom is 0.244 e. The molecule has 1 saturated carbocycles. The van der Waals surface area contributed by atoms with Gasteiger partial charge in [-0.3, -0.25) is 0 Å². The van der Waals surface area contributed by atoms with E-state index in [4.69, 9.17) is 9.51 Å². The predicted octanol–water partition coefficient (Wildman–Crippen LogP) is 4.20. The molecule has 1 aliphatic heterocycles. The standard InChI is InChI=1S/C17H29N3O/c1-3-5-13-7-9-14(10-8-13)16-19-17(21-20-16)15-12(2)6-4-11-18-15/h12-15,18H,3-11H2,1-2H3. The van der Waals surface area contributed by atoms with Crippen molar-refractivity contribution in [1.29, 1.82) is 0 Å². The molecule has 0 spiro atoms. The summed E-state index contributed by atoms with van der Waals surface area (Å²) in [7, 11) is 0. The first-order chi connectivity index (χ1) is 10.3. The van der Waals surface area contributed by atoms with Crippen LogP contribution in [0.1, 0.15) is 88.9 Å². The van der Waals surface area contributed by atoms with Crippen LogP contribution >= 0.6 is 0 Å². The van der Waals surface area contributed by atoms with Crippen molar-refractivity contribution in [2.45, 2.75) is 77.2 Å². The van der Waals surface area contributed by atoms with Gasteiger partial charge in [0, 0.05) is 5.92 Å². The molecule has 3 rings (SSSR count). The van der Waals surface area contributed by atoms with Gasteiger partial charge in [-0.1, -0.05) is 31.8 Å². The third-order valence-electron chi connectivity index (χ3n) is 5.40. The van der Waals surface area contributed by atoms with E-state index >= 15 is 0 Å². The Bertz CT molecular complexity index is 437. The van der Waals surface area contributed by atoms with Gasteiger partial charge in [0.2, 0.25) is 5.89 Å². The lowest BCUT2D eigenvalue weighted by atomic mass is 9.80. The summed E-state index contributed by atoms with van der Waals surface area (Å²) in [5, 5.41) is 7.82. The van der Waals surface area contributed by atoms with E-state index in [2.05, 4.69) is 24.3 Å². The highest BCUT2D eigenvalue weighted by Gasteiger charge is 2.30. The van der Waals surface area contributed by atoms with Crippen LogP contribution in [0.25, 0.3) is 0 Å². The van der Waals surface area contributed by atoms with Gasteiger partial charge in [-0.05, 0) is 56.9 Å². The van der Waals surface area contributed by atoms with Crippen LogP contribution < -0.4 is 5.32 Å². The molecule has 2 unspecified atom stereocenters. The summed E-state index contributed by atoms with van der Waals surface area (Å²) in [5.41, 5.74) is 0. The van der Waals surface area contributed by atoms with Gasteiger partial charge in [-0.2, -0.15) is 4.98 Å². The molecule has 2 atom stereocenters. The molecule has 1 aromatic rings. The Morgan fingerprint density at radius 1 is 1.19 bits per heavy atom. The number of rotatable bonds is 4. The van der Waals surface area contributed by atoms with E-state index < -0.39 is 0 Å². The zero-order chi connectivity index (χ0) is 14.7. The minimum atomic E-state index is 0.261. The Morgan fingerprint density at radius 2 is 2.00 bits per heavy atom. The fourth-order valence-electron chi connectivity index (χ4n) is 4.04. The third-order valence-corrected chi connectivity index (χ3v) is 5.40. The largest absolute Gasteiger partial charge is 0.338 e. The summed E-state index contributed by atoms with van der Waals surface area (Å²) in [4.78, 5) is 4.74. The van der Waals surface area contributed by atoms with Gasteiger partial charge in [0.15, 0.2) is 5.82 Å². The monoisotopic (exact) mass is 291 g/mol. The molecule has 1 saturated heterocycles. The normalized spacial score (nSPS) is 34.0. The Balaban J connectivity index is 1.60. The smallest absolute Gasteiger partial charge is 0.244 e. The molecule has 2 aliphatic rings. The average molecular weight is 291 g/mol. The molecule has 2 fully saturated rings. The number of hydrogen-bond donors (Lipinski definition) is 1. The van der Waals surface area contributed by atoms with Crippen molar-refractivity contribution in [2.24, 2.45) is 11.8 Å². The number of aromatic nitrogens is 2. The van der Waals surface area contributed by atoms with Crippen molar-refractivity contribution in [2.75, 3.05) is 6.54 Å². The number of nitrogens with zero attached hydrogens (tertiary/aromatic N) is 2. The second-order valence-electron chi connectivity index (χ2n) is 7.05. The van der Waals surface area contributed by atoms with E-state index in [1.165, 1.54) is 51.4 Å². The molecule has 0 bridgehead atoms. The first-order valence-electron chi connectivity index (χ1n) is 8.84. The van der Waals surface area contributed by atoms with Gasteiger partial charge in [0.1, 0.15) is 0 Å². The quantitative estimate of drug-likeness (QED) is 0.903. The van der Waals surface area contributed by atoms with Crippen LogP contribution in [0, 0.1) is 11.8 Å². The molecular formula is C17H29N3O. The lowest BCUT2D eigenvalue weighted by Crippen LogP contribution is -2.33. The second-order valence-corrected chi connectivity index (χ2v) is 7.05. The fourth-order valence-corrected chi connectivity index (χ4v) is 4.04. The number of nitrogens with one attached hydrogen (secondary N) is 1. The van der Waals surface area contributed by atoms with Crippen molar-refractivity contribution in [3.8, 4) is 0 Å². The molecule has 21 heavy (non-hydrogen) atoms. The van der Waals surface area contributed by atoms with Crippen LogP contribution in [-0.4, -0.2) is 16.7 Å². The minimum absolute atomic E-state index is 0.261. The number of piperidine rings is 1. The Labute approximate surface area is 128 Å². The van der Waals surface area contributed by atoms with Crippen LogP contribution in [0.2, 0.25) is 0 Å². The molecule has 4 heteroatoms. The third kappa shape index (κ3) is 3.47. The van der Waals surface area contributed by atoms with Crippen molar-refractivity contribution >= 4 is 0 Å². The summed E-state index contributed by atoms with van der Waals surface area (Å²) >= 11 is 0. The first kappa shape index (κ1) is 15.0. The Kier molecular flexibility index (Phi) is 4.94. The van der Waals surface area contributed by atoms with Gasteiger partial charge < -0.3 is 9.84 Å². The summed E-state index contributed by atoms with van der Waals surface area (Å²) in [6.45, 7) is 5.63. The van der Waals surface area contributed by atoms with Crippen molar-refractivity contribution in [1.82, 2.24) is 15.5 Å². The van der Waals surface area contributed by atoms with E-state index in [1.54, 1.807) is 0 Å². The molecule has 4 nitrogen and oxygen atoms in total. The first-order valence-corrected chi connectivity index (χ1v) is 8.84. The van der Waals surface area contributed by atoms with Gasteiger partial charge in [0.25, 0.3) is 0 Å². The van der Waals surface area contributed by atoms with E-state index in [0.717, 1.165) is 24.2 Å². The van der Waals surface area contributed by atoms with Crippen LogP contribution in [0.3, 0.4) is 0 Å². The van der Waals surface area contributed by atoms with Crippen LogP contribution in [0.15, 0.2) is 4.52 Å². The van der Waals surface area contributed by atoms with Gasteiger partial charge in [-0.25, -0.2) is 0 Å². The predicted molar refractivity (Wildman–Crippen MR) is 83.0 cm³/mol. The van der Waals surface area contributed by atoms with Crippen molar-refractivity contribution in [3.05, 3.63) is 11.7 Å². The fraction of sp³-hybridized carbons (Fsp3) is 0.882. The van der Waals surface area contributed by atoms with Gasteiger partial charge >= 0.3 is 0 Å². The Hall–Kier alpha value is -0.900. The summed E-state index contributed by atoms with van der Waals surface area (Å²) in [6, 6.07) is 0.261. The highest BCUT2D eigenvalue weighted by atomic mass is 16.5. The van der Waals surface area contributed by atoms with E-state index in [1.807, 2.05) is 0 Å². The SMILES string of the molecule is CCCC1CCC(c2noc(C3NCCCC3C)n2)CC1. The maximum atomic E-state index is 5.58. The highest BCUT2D eigenvalue weighted by molar-refractivity contribution is 5.02. The molecule has 0 radical (unpaired) electrons. The van der Waals surface area contributed by atoms with Crippen LogP contribution in [-0.2, 0) is 0 Å². The molecule has 0 aromatic carbocycles. The number of hydrogen-bond acceptors (Lipinski definition) is 4. The Morgan fingerprint density at radius 3 is 2.71 bits per heavy atom. The molecule has 1 aromatic heterocycles. The van der Waals surface area contributed by atoms with Crippen LogP contribution in [0.5, 0.6) is 0 Å². The molecule has 0 amide bonds. The molecule has 1 aliphatic carbocycles. The van der Waals surface area contributed by atoms with Gasteiger partial charge in [-0.15, -0.1) is 0 Å². The zero-order valence-electron chi connectivity index (χ0n) is 13.5. The summed E-state index contributed by atoms with van der Waals surface area (Å²) < 4.78 is 5.58. The summed E-state index contributed by atoms with van der Waals surface area (Å²) in [6.07, 6.45) is 10.3. The maximum absolute atomic E-state index is 5.58. The summed E-state index contributed by atoms with van der Waals surface area (Å²) in [5.74, 6) is 3.81. The molecule has 2 heterocycles.